The molecule has 2 aromatic rings. The zero-order valence-electron chi connectivity index (χ0n) is 13.2. The fourth-order valence-corrected chi connectivity index (χ4v) is 2.90. The van der Waals surface area contributed by atoms with Crippen LogP contribution in [0.3, 0.4) is 0 Å². The van der Waals surface area contributed by atoms with Crippen LogP contribution in [-0.4, -0.2) is 27.4 Å². The molecule has 0 bridgehead atoms. The second-order valence-electron chi connectivity index (χ2n) is 5.43. The van der Waals surface area contributed by atoms with Crippen molar-refractivity contribution in [3.05, 3.63) is 53.3 Å². The van der Waals surface area contributed by atoms with E-state index in [9.17, 15) is 17.6 Å². The molecule has 7 nitrogen and oxygen atoms in total. The molecule has 0 atom stereocenters. The fourth-order valence-electron chi connectivity index (χ4n) is 2.32. The van der Waals surface area contributed by atoms with Gasteiger partial charge in [-0.3, -0.25) is 9.52 Å². The smallest absolute Gasteiger partial charge is 0.253 e. The second kappa shape index (κ2) is 6.60. The first kappa shape index (κ1) is 17.0. The Morgan fingerprint density at radius 2 is 1.92 bits per heavy atom. The van der Waals surface area contributed by atoms with E-state index in [1.807, 2.05) is 0 Å². The van der Waals surface area contributed by atoms with Gasteiger partial charge in [0.15, 0.2) is 11.5 Å². The zero-order chi connectivity index (χ0) is 18.0. The number of nitrogens with one attached hydrogen (secondary N) is 2. The molecule has 9 heteroatoms. The molecule has 132 valence electrons. The Morgan fingerprint density at radius 3 is 2.68 bits per heavy atom. The molecule has 1 amide bonds. The largest absolute Gasteiger partial charge is 0.454 e. The summed E-state index contributed by atoms with van der Waals surface area (Å²) >= 11 is 0. The molecule has 25 heavy (non-hydrogen) atoms. The number of halogens is 1. The summed E-state index contributed by atoms with van der Waals surface area (Å²) in [6.45, 7) is 0.305. The lowest BCUT2D eigenvalue weighted by molar-refractivity contribution is 0.0951. The third-order valence-corrected chi connectivity index (χ3v) is 4.00. The number of fused-ring (bicyclic) bond motifs is 1. The molecule has 0 radical (unpaired) electrons. The summed E-state index contributed by atoms with van der Waals surface area (Å²) in [5.74, 6) is -0.0487. The number of amides is 1. The van der Waals surface area contributed by atoms with Gasteiger partial charge in [0.2, 0.25) is 16.8 Å². The summed E-state index contributed by atoms with van der Waals surface area (Å²) < 4.78 is 48.9. The Hall–Kier alpha value is -2.81. The summed E-state index contributed by atoms with van der Waals surface area (Å²) in [6, 6.07) is 8.46. The number of anilines is 1. The molecule has 2 N–H and O–H groups in total. The topological polar surface area (TPSA) is 93.7 Å². The van der Waals surface area contributed by atoms with Crippen LogP contribution in [0.15, 0.2) is 36.4 Å². The van der Waals surface area contributed by atoms with Gasteiger partial charge in [-0.05, 0) is 35.9 Å². The van der Waals surface area contributed by atoms with Crippen molar-refractivity contribution in [3.63, 3.8) is 0 Å². The van der Waals surface area contributed by atoms with E-state index in [0.717, 1.165) is 24.0 Å². The van der Waals surface area contributed by atoms with E-state index >= 15 is 0 Å². The fraction of sp³-hybridized carbons (Fsp3) is 0.188. The van der Waals surface area contributed by atoms with Crippen molar-refractivity contribution in [2.45, 2.75) is 6.54 Å². The van der Waals surface area contributed by atoms with Crippen molar-refractivity contribution in [1.29, 1.82) is 0 Å². The Balaban J connectivity index is 1.76. The highest BCUT2D eigenvalue weighted by Gasteiger charge is 2.17. The van der Waals surface area contributed by atoms with Crippen molar-refractivity contribution >= 4 is 21.6 Å². The maximum absolute atomic E-state index is 13.5. The maximum atomic E-state index is 13.5. The minimum absolute atomic E-state index is 0.00656. The van der Waals surface area contributed by atoms with E-state index in [4.69, 9.17) is 9.47 Å². The number of hydrogen-bond acceptors (Lipinski definition) is 5. The lowest BCUT2D eigenvalue weighted by Crippen LogP contribution is -2.25. The SMILES string of the molecule is CS(=O)(=O)Nc1ccc(F)cc1C(=O)NCc1ccc2c(c1)OCO2. The highest BCUT2D eigenvalue weighted by molar-refractivity contribution is 7.92. The van der Waals surface area contributed by atoms with Crippen LogP contribution in [0.1, 0.15) is 15.9 Å². The predicted octanol–water partition coefficient (Wildman–Crippen LogP) is 1.86. The van der Waals surface area contributed by atoms with Crippen LogP contribution in [0.25, 0.3) is 0 Å². The van der Waals surface area contributed by atoms with Crippen molar-refractivity contribution in [3.8, 4) is 11.5 Å². The maximum Gasteiger partial charge on any atom is 0.253 e. The molecule has 1 heterocycles. The number of carbonyl (C=O) groups excluding carboxylic acids is 1. The predicted molar refractivity (Wildman–Crippen MR) is 88.6 cm³/mol. The van der Waals surface area contributed by atoms with Crippen LogP contribution in [0.5, 0.6) is 11.5 Å². The molecular weight excluding hydrogens is 351 g/mol. The van der Waals surface area contributed by atoms with E-state index in [1.54, 1.807) is 18.2 Å². The van der Waals surface area contributed by atoms with Gasteiger partial charge in [0, 0.05) is 6.54 Å². The first-order chi connectivity index (χ1) is 11.8. The number of carbonyl (C=O) groups is 1. The van der Waals surface area contributed by atoms with Gasteiger partial charge in [-0.1, -0.05) is 6.07 Å². The van der Waals surface area contributed by atoms with Crippen molar-refractivity contribution in [2.75, 3.05) is 17.8 Å². The Morgan fingerprint density at radius 1 is 1.16 bits per heavy atom. The van der Waals surface area contributed by atoms with Gasteiger partial charge in [0.25, 0.3) is 5.91 Å². The van der Waals surface area contributed by atoms with Gasteiger partial charge in [-0.15, -0.1) is 0 Å². The van der Waals surface area contributed by atoms with Crippen LogP contribution in [0, 0.1) is 5.82 Å². The minimum atomic E-state index is -3.60. The highest BCUT2D eigenvalue weighted by Crippen LogP contribution is 2.32. The van der Waals surface area contributed by atoms with Crippen molar-refractivity contribution in [2.24, 2.45) is 0 Å². The molecule has 1 aliphatic heterocycles. The molecule has 0 aromatic heterocycles. The van der Waals surface area contributed by atoms with E-state index in [1.165, 1.54) is 6.07 Å². The van der Waals surface area contributed by atoms with Crippen molar-refractivity contribution < 1.29 is 27.1 Å². The van der Waals surface area contributed by atoms with E-state index < -0.39 is 21.7 Å². The summed E-state index contributed by atoms with van der Waals surface area (Å²) in [4.78, 5) is 12.3. The normalized spacial score (nSPS) is 12.7. The first-order valence-electron chi connectivity index (χ1n) is 7.26. The van der Waals surface area contributed by atoms with Crippen LogP contribution >= 0.6 is 0 Å². The minimum Gasteiger partial charge on any atom is -0.454 e. The molecule has 1 aliphatic rings. The lowest BCUT2D eigenvalue weighted by Gasteiger charge is -2.11. The van der Waals surface area contributed by atoms with Crippen molar-refractivity contribution in [1.82, 2.24) is 5.32 Å². The van der Waals surface area contributed by atoms with Gasteiger partial charge in [-0.25, -0.2) is 12.8 Å². The monoisotopic (exact) mass is 366 g/mol. The molecule has 2 aromatic carbocycles. The van der Waals surface area contributed by atoms with Crippen LogP contribution < -0.4 is 19.5 Å². The van der Waals surface area contributed by atoms with Gasteiger partial charge >= 0.3 is 0 Å². The zero-order valence-corrected chi connectivity index (χ0v) is 14.0. The van der Waals surface area contributed by atoms with Crippen LogP contribution in [0.2, 0.25) is 0 Å². The van der Waals surface area contributed by atoms with Gasteiger partial charge in [0.05, 0.1) is 17.5 Å². The van der Waals surface area contributed by atoms with Gasteiger partial charge in [-0.2, -0.15) is 0 Å². The quantitative estimate of drug-likeness (QED) is 0.842. The number of benzene rings is 2. The molecule has 0 aliphatic carbocycles. The number of hydrogen-bond donors (Lipinski definition) is 2. The van der Waals surface area contributed by atoms with E-state index in [2.05, 4.69) is 10.0 Å². The molecule has 0 saturated carbocycles. The molecule has 0 saturated heterocycles. The van der Waals surface area contributed by atoms with Gasteiger partial charge in [0.1, 0.15) is 5.82 Å². The average Bonchev–Trinajstić information content (AvgIpc) is 3.00. The molecule has 3 rings (SSSR count). The second-order valence-corrected chi connectivity index (χ2v) is 7.18. The number of sulfonamides is 1. The lowest BCUT2D eigenvalue weighted by atomic mass is 10.1. The van der Waals surface area contributed by atoms with Gasteiger partial charge < -0.3 is 14.8 Å². The van der Waals surface area contributed by atoms with E-state index in [-0.39, 0.29) is 24.6 Å². The summed E-state index contributed by atoms with van der Waals surface area (Å²) in [5, 5.41) is 2.62. The molecule has 0 spiro atoms. The Labute approximate surface area is 143 Å². The first-order valence-corrected chi connectivity index (χ1v) is 9.15. The number of rotatable bonds is 5. The third kappa shape index (κ3) is 4.18. The molecular formula is C16H15FN2O5S. The standard InChI is InChI=1S/C16H15FN2O5S/c1-25(21,22)19-13-4-3-11(17)7-12(13)16(20)18-8-10-2-5-14-15(6-10)24-9-23-14/h2-7,19H,8-9H2,1H3,(H,18,20). The summed E-state index contributed by atoms with van der Waals surface area (Å²) in [6.07, 6.45) is 0.949. The number of ether oxygens (including phenoxy) is 2. The summed E-state index contributed by atoms with van der Waals surface area (Å²) in [5.41, 5.74) is 0.657. The molecule has 0 unspecified atom stereocenters. The van der Waals surface area contributed by atoms with Crippen LogP contribution in [-0.2, 0) is 16.6 Å². The highest BCUT2D eigenvalue weighted by atomic mass is 32.2. The van der Waals surface area contributed by atoms with E-state index in [0.29, 0.717) is 11.5 Å². The molecule has 0 fully saturated rings. The average molecular weight is 366 g/mol. The Kier molecular flexibility index (Phi) is 4.49. The Bertz CT molecular complexity index is 930. The van der Waals surface area contributed by atoms with Crippen LogP contribution in [0.4, 0.5) is 10.1 Å². The third-order valence-electron chi connectivity index (χ3n) is 3.41. The summed E-state index contributed by atoms with van der Waals surface area (Å²) in [7, 11) is -3.60.